The minimum atomic E-state index is 0.578. The quantitative estimate of drug-likeness (QED) is 0.531. The summed E-state index contributed by atoms with van der Waals surface area (Å²) in [5.74, 6) is 0.780. The van der Waals surface area contributed by atoms with Gasteiger partial charge in [0.25, 0.3) is 0 Å². The molecule has 1 aliphatic carbocycles. The number of halogens is 1. The molecule has 0 amide bonds. The lowest BCUT2D eigenvalue weighted by molar-refractivity contribution is 0.412. The summed E-state index contributed by atoms with van der Waals surface area (Å²) in [6.07, 6.45) is 6.52. The van der Waals surface area contributed by atoms with Gasteiger partial charge in [0.1, 0.15) is 4.60 Å². The van der Waals surface area contributed by atoms with Crippen molar-refractivity contribution < 1.29 is 0 Å². The molecule has 1 aliphatic rings. The van der Waals surface area contributed by atoms with E-state index < -0.39 is 0 Å². The number of hydrogen-bond acceptors (Lipinski definition) is 3. The lowest BCUT2D eigenvalue weighted by Crippen LogP contribution is -2.36. The van der Waals surface area contributed by atoms with E-state index in [2.05, 4.69) is 74.4 Å². The van der Waals surface area contributed by atoms with Crippen LogP contribution in [0.2, 0.25) is 0 Å². The molecule has 0 aliphatic heterocycles. The lowest BCUT2D eigenvalue weighted by atomic mass is 9.93. The van der Waals surface area contributed by atoms with Gasteiger partial charge in [0, 0.05) is 23.1 Å². The summed E-state index contributed by atoms with van der Waals surface area (Å²) in [4.78, 5) is 12.0. The van der Waals surface area contributed by atoms with Gasteiger partial charge < -0.3 is 4.90 Å². The Morgan fingerprint density at radius 1 is 1.04 bits per heavy atom. The highest BCUT2D eigenvalue weighted by Crippen LogP contribution is 2.31. The van der Waals surface area contributed by atoms with Crippen LogP contribution in [0.5, 0.6) is 0 Å². The van der Waals surface area contributed by atoms with Crippen LogP contribution in [0.15, 0.2) is 34.9 Å². The van der Waals surface area contributed by atoms with Gasteiger partial charge in [-0.25, -0.2) is 9.97 Å². The number of aromatic nitrogens is 3. The molecule has 1 fully saturated rings. The SMILES string of the molecule is Cc1ccc(N(Cc2nc3nc(C)cc(C)n3c2Br)C2CCCCC2)cc1. The van der Waals surface area contributed by atoms with Gasteiger partial charge in [0.15, 0.2) is 0 Å². The largest absolute Gasteiger partial charge is 0.363 e. The maximum Gasteiger partial charge on any atom is 0.235 e. The van der Waals surface area contributed by atoms with Gasteiger partial charge >= 0.3 is 0 Å². The normalized spacial score (nSPS) is 15.4. The molecule has 5 heteroatoms. The van der Waals surface area contributed by atoms with Gasteiger partial charge in [0.2, 0.25) is 5.78 Å². The van der Waals surface area contributed by atoms with Crippen molar-refractivity contribution in [3.05, 3.63) is 57.6 Å². The summed E-state index contributed by atoms with van der Waals surface area (Å²) < 4.78 is 3.13. The number of anilines is 1. The Hall–Kier alpha value is -1.88. The average Bonchev–Trinajstić information content (AvgIpc) is 2.97. The van der Waals surface area contributed by atoms with E-state index in [-0.39, 0.29) is 0 Å². The zero-order chi connectivity index (χ0) is 19.0. The van der Waals surface area contributed by atoms with Gasteiger partial charge in [-0.1, -0.05) is 37.0 Å². The molecule has 0 bridgehead atoms. The Balaban J connectivity index is 1.73. The van der Waals surface area contributed by atoms with E-state index in [0.29, 0.717) is 6.04 Å². The van der Waals surface area contributed by atoms with Crippen molar-refractivity contribution >= 4 is 27.4 Å². The summed E-state index contributed by atoms with van der Waals surface area (Å²) in [6, 6.07) is 11.6. The molecule has 0 radical (unpaired) electrons. The molecule has 1 saturated carbocycles. The number of benzene rings is 1. The van der Waals surface area contributed by atoms with Gasteiger partial charge in [-0.05, 0) is 67.7 Å². The summed E-state index contributed by atoms with van der Waals surface area (Å²) in [7, 11) is 0. The van der Waals surface area contributed by atoms with Crippen molar-refractivity contribution in [3.63, 3.8) is 0 Å². The van der Waals surface area contributed by atoms with Crippen LogP contribution in [0.1, 0.15) is 54.7 Å². The molecule has 0 N–H and O–H groups in total. The topological polar surface area (TPSA) is 33.4 Å². The maximum atomic E-state index is 4.87. The van der Waals surface area contributed by atoms with Crippen LogP contribution in [0.4, 0.5) is 5.69 Å². The van der Waals surface area contributed by atoms with E-state index in [4.69, 9.17) is 4.98 Å². The Kier molecular flexibility index (Phi) is 5.22. The third-order valence-electron chi connectivity index (χ3n) is 5.62. The average molecular weight is 427 g/mol. The molecule has 4 nitrogen and oxygen atoms in total. The molecule has 142 valence electrons. The minimum Gasteiger partial charge on any atom is -0.363 e. The first-order valence-electron chi connectivity index (χ1n) is 9.87. The number of nitrogens with zero attached hydrogens (tertiary/aromatic N) is 4. The zero-order valence-corrected chi connectivity index (χ0v) is 18.0. The van der Waals surface area contributed by atoms with Crippen molar-refractivity contribution in [1.29, 1.82) is 0 Å². The first kappa shape index (κ1) is 18.5. The number of fused-ring (bicyclic) bond motifs is 1. The number of imidazole rings is 1. The van der Waals surface area contributed by atoms with Crippen LogP contribution in [0.3, 0.4) is 0 Å². The molecular weight excluding hydrogens is 400 g/mol. The summed E-state index contributed by atoms with van der Waals surface area (Å²) in [5.41, 5.74) is 5.81. The van der Waals surface area contributed by atoms with Crippen LogP contribution < -0.4 is 4.90 Å². The monoisotopic (exact) mass is 426 g/mol. The van der Waals surface area contributed by atoms with Crippen LogP contribution in [-0.4, -0.2) is 20.4 Å². The Morgan fingerprint density at radius 3 is 2.44 bits per heavy atom. The lowest BCUT2D eigenvalue weighted by Gasteiger charge is -2.36. The van der Waals surface area contributed by atoms with Gasteiger partial charge in [-0.15, -0.1) is 0 Å². The second-order valence-electron chi connectivity index (χ2n) is 7.78. The Bertz CT molecular complexity index is 939. The van der Waals surface area contributed by atoms with Crippen LogP contribution >= 0.6 is 15.9 Å². The van der Waals surface area contributed by atoms with E-state index in [1.54, 1.807) is 0 Å². The van der Waals surface area contributed by atoms with E-state index in [9.17, 15) is 0 Å². The highest BCUT2D eigenvalue weighted by Gasteiger charge is 2.24. The molecular formula is C22H27BrN4. The number of aryl methyl sites for hydroxylation is 3. The molecule has 0 atom stereocenters. The Morgan fingerprint density at radius 2 is 1.74 bits per heavy atom. The molecule has 0 unspecified atom stereocenters. The number of hydrogen-bond donors (Lipinski definition) is 0. The third-order valence-corrected chi connectivity index (χ3v) is 6.43. The second-order valence-corrected chi connectivity index (χ2v) is 8.53. The van der Waals surface area contributed by atoms with Crippen LogP contribution in [0, 0.1) is 20.8 Å². The fourth-order valence-corrected chi connectivity index (χ4v) is 4.85. The summed E-state index contributed by atoms with van der Waals surface area (Å²) >= 11 is 3.80. The molecule has 27 heavy (non-hydrogen) atoms. The van der Waals surface area contributed by atoms with Crippen molar-refractivity contribution in [2.24, 2.45) is 0 Å². The molecule has 3 aromatic rings. The first-order valence-corrected chi connectivity index (χ1v) is 10.7. The van der Waals surface area contributed by atoms with E-state index in [1.807, 2.05) is 6.92 Å². The van der Waals surface area contributed by atoms with Crippen LogP contribution in [-0.2, 0) is 6.54 Å². The van der Waals surface area contributed by atoms with Crippen LogP contribution in [0.25, 0.3) is 5.78 Å². The molecule has 0 spiro atoms. The molecule has 2 heterocycles. The van der Waals surface area contributed by atoms with Crippen molar-refractivity contribution in [2.45, 2.75) is 65.5 Å². The highest BCUT2D eigenvalue weighted by molar-refractivity contribution is 9.10. The molecule has 2 aromatic heterocycles. The molecule has 0 saturated heterocycles. The standard InChI is InChI=1S/C22H27BrN4/c1-15-9-11-19(12-10-15)26(18-7-5-4-6-8-18)14-20-21(23)27-17(3)13-16(2)24-22(27)25-20/h9-13,18H,4-8,14H2,1-3H3. The highest BCUT2D eigenvalue weighted by atomic mass is 79.9. The third kappa shape index (κ3) is 3.75. The number of rotatable bonds is 4. The minimum absolute atomic E-state index is 0.578. The van der Waals surface area contributed by atoms with Crippen molar-refractivity contribution in [3.8, 4) is 0 Å². The fourth-order valence-electron chi connectivity index (χ4n) is 4.20. The molecule has 4 rings (SSSR count). The van der Waals surface area contributed by atoms with E-state index in [0.717, 1.165) is 34.0 Å². The maximum absolute atomic E-state index is 4.87. The fraction of sp³-hybridized carbons (Fsp3) is 0.455. The van der Waals surface area contributed by atoms with Crippen molar-refractivity contribution in [2.75, 3.05) is 4.90 Å². The van der Waals surface area contributed by atoms with Gasteiger partial charge in [-0.2, -0.15) is 0 Å². The van der Waals surface area contributed by atoms with Crippen molar-refractivity contribution in [1.82, 2.24) is 14.4 Å². The summed E-state index contributed by atoms with van der Waals surface area (Å²) in [5, 5.41) is 0. The Labute approximate surface area is 169 Å². The predicted octanol–water partition coefficient (Wildman–Crippen LogP) is 5.76. The second kappa shape index (κ2) is 7.63. The zero-order valence-electron chi connectivity index (χ0n) is 16.4. The van der Waals surface area contributed by atoms with Gasteiger partial charge in [-0.3, -0.25) is 4.40 Å². The van der Waals surface area contributed by atoms with Gasteiger partial charge in [0.05, 0.1) is 12.2 Å². The molecule has 1 aromatic carbocycles. The smallest absolute Gasteiger partial charge is 0.235 e. The van der Waals surface area contributed by atoms with E-state index >= 15 is 0 Å². The first-order chi connectivity index (χ1) is 13.0. The predicted molar refractivity (Wildman–Crippen MR) is 114 cm³/mol. The summed E-state index contributed by atoms with van der Waals surface area (Å²) in [6.45, 7) is 7.08. The van der Waals surface area contributed by atoms with E-state index in [1.165, 1.54) is 43.4 Å².